The molecule has 1 fully saturated rings. The molecule has 1 aliphatic heterocycles. The predicted octanol–water partition coefficient (Wildman–Crippen LogP) is 2.76. The molecule has 2 atom stereocenters. The first-order chi connectivity index (χ1) is 7.88. The summed E-state index contributed by atoms with van der Waals surface area (Å²) in [7, 11) is 1.75. The Balaban J connectivity index is 0.00000108. The number of fused-ring (bicyclic) bond motifs is 3. The van der Waals surface area contributed by atoms with E-state index >= 15 is 0 Å². The summed E-state index contributed by atoms with van der Waals surface area (Å²) in [6, 6.07) is 6.59. The molecule has 17 heavy (non-hydrogen) atoms. The Morgan fingerprint density at radius 1 is 1.29 bits per heavy atom. The molecule has 0 radical (unpaired) electrons. The van der Waals surface area contributed by atoms with Crippen LogP contribution in [0, 0.1) is 5.92 Å². The monoisotopic (exact) mass is 253 g/mol. The molecule has 1 saturated heterocycles. The lowest BCUT2D eigenvalue weighted by Crippen LogP contribution is -2.37. The SMILES string of the molecule is COc1ccc2c(c1)C1CNCCC1CC2.Cl. The topological polar surface area (TPSA) is 21.3 Å². The van der Waals surface area contributed by atoms with Gasteiger partial charge in [-0.05, 0) is 60.9 Å². The van der Waals surface area contributed by atoms with E-state index in [9.17, 15) is 0 Å². The smallest absolute Gasteiger partial charge is 0.119 e. The van der Waals surface area contributed by atoms with Crippen LogP contribution >= 0.6 is 12.4 Å². The Kier molecular flexibility index (Phi) is 3.95. The molecule has 0 aromatic heterocycles. The van der Waals surface area contributed by atoms with Crippen LogP contribution in [0.4, 0.5) is 0 Å². The van der Waals surface area contributed by atoms with Crippen molar-refractivity contribution in [3.63, 3.8) is 0 Å². The van der Waals surface area contributed by atoms with Gasteiger partial charge in [-0.15, -0.1) is 12.4 Å². The average molecular weight is 254 g/mol. The number of halogens is 1. The Labute approximate surface area is 109 Å². The Morgan fingerprint density at radius 3 is 3.00 bits per heavy atom. The van der Waals surface area contributed by atoms with Crippen LogP contribution in [0.15, 0.2) is 18.2 Å². The fraction of sp³-hybridized carbons (Fsp3) is 0.571. The number of hydrogen-bond donors (Lipinski definition) is 1. The van der Waals surface area contributed by atoms with Gasteiger partial charge in [0.05, 0.1) is 7.11 Å². The summed E-state index contributed by atoms with van der Waals surface area (Å²) in [5, 5.41) is 3.52. The molecular formula is C14H20ClNO. The zero-order valence-corrected chi connectivity index (χ0v) is 11.1. The zero-order chi connectivity index (χ0) is 11.0. The maximum absolute atomic E-state index is 5.34. The second-order valence-electron chi connectivity index (χ2n) is 4.96. The van der Waals surface area contributed by atoms with Crippen LogP contribution in [-0.4, -0.2) is 20.2 Å². The lowest BCUT2D eigenvalue weighted by molar-refractivity contribution is 0.290. The van der Waals surface area contributed by atoms with Gasteiger partial charge >= 0.3 is 0 Å². The number of methoxy groups -OCH3 is 1. The minimum Gasteiger partial charge on any atom is -0.497 e. The highest BCUT2D eigenvalue weighted by Gasteiger charge is 2.31. The van der Waals surface area contributed by atoms with Gasteiger partial charge in [0, 0.05) is 6.54 Å². The molecule has 0 amide bonds. The standard InChI is InChI=1S/C14H19NO.ClH/c1-16-12-5-4-10-2-3-11-6-7-15-9-14(11)13(10)8-12;/h4-5,8,11,14-15H,2-3,6-7,9H2,1H3;1H. The fourth-order valence-corrected chi connectivity index (χ4v) is 3.24. The first-order valence-electron chi connectivity index (χ1n) is 6.26. The van der Waals surface area contributed by atoms with Gasteiger partial charge in [0.15, 0.2) is 0 Å². The van der Waals surface area contributed by atoms with Crippen LogP contribution in [-0.2, 0) is 6.42 Å². The molecule has 2 nitrogen and oxygen atoms in total. The van der Waals surface area contributed by atoms with E-state index in [-0.39, 0.29) is 12.4 Å². The molecule has 1 aliphatic carbocycles. The second kappa shape index (κ2) is 5.28. The van der Waals surface area contributed by atoms with E-state index in [4.69, 9.17) is 4.74 Å². The molecule has 0 saturated carbocycles. The summed E-state index contributed by atoms with van der Waals surface area (Å²) in [6.45, 7) is 2.34. The molecule has 1 heterocycles. The van der Waals surface area contributed by atoms with Gasteiger partial charge in [-0.2, -0.15) is 0 Å². The molecular weight excluding hydrogens is 234 g/mol. The lowest BCUT2D eigenvalue weighted by Gasteiger charge is -2.37. The molecule has 94 valence electrons. The zero-order valence-electron chi connectivity index (χ0n) is 10.2. The predicted molar refractivity (Wildman–Crippen MR) is 72.3 cm³/mol. The minimum atomic E-state index is 0. The first kappa shape index (κ1) is 12.7. The van der Waals surface area contributed by atoms with Gasteiger partial charge in [0.2, 0.25) is 0 Å². The van der Waals surface area contributed by atoms with Gasteiger partial charge in [-0.25, -0.2) is 0 Å². The van der Waals surface area contributed by atoms with Crippen LogP contribution in [0.25, 0.3) is 0 Å². The second-order valence-corrected chi connectivity index (χ2v) is 4.96. The van der Waals surface area contributed by atoms with Crippen LogP contribution < -0.4 is 10.1 Å². The number of aryl methyl sites for hydroxylation is 1. The highest BCUT2D eigenvalue weighted by Crippen LogP contribution is 2.40. The van der Waals surface area contributed by atoms with Crippen molar-refractivity contribution in [3.8, 4) is 5.75 Å². The number of rotatable bonds is 1. The summed E-state index contributed by atoms with van der Waals surface area (Å²) in [5.41, 5.74) is 3.06. The quantitative estimate of drug-likeness (QED) is 0.831. The number of ether oxygens (including phenoxy) is 1. The van der Waals surface area contributed by atoms with Gasteiger partial charge in [-0.3, -0.25) is 0 Å². The first-order valence-corrected chi connectivity index (χ1v) is 6.26. The van der Waals surface area contributed by atoms with Crippen molar-refractivity contribution in [3.05, 3.63) is 29.3 Å². The van der Waals surface area contributed by atoms with Crippen molar-refractivity contribution in [1.82, 2.24) is 5.32 Å². The third-order valence-electron chi connectivity index (χ3n) is 4.16. The van der Waals surface area contributed by atoms with Crippen molar-refractivity contribution in [2.45, 2.75) is 25.2 Å². The van der Waals surface area contributed by atoms with Gasteiger partial charge in [0.1, 0.15) is 5.75 Å². The molecule has 3 heteroatoms. The Morgan fingerprint density at radius 2 is 2.18 bits per heavy atom. The van der Waals surface area contributed by atoms with Crippen molar-refractivity contribution < 1.29 is 4.74 Å². The van der Waals surface area contributed by atoms with E-state index in [0.717, 1.165) is 18.2 Å². The van der Waals surface area contributed by atoms with Gasteiger partial charge < -0.3 is 10.1 Å². The largest absolute Gasteiger partial charge is 0.497 e. The highest BCUT2D eigenvalue weighted by molar-refractivity contribution is 5.85. The van der Waals surface area contributed by atoms with E-state index in [1.165, 1.54) is 36.9 Å². The fourth-order valence-electron chi connectivity index (χ4n) is 3.24. The third-order valence-corrected chi connectivity index (χ3v) is 4.16. The molecule has 1 aromatic carbocycles. The van der Waals surface area contributed by atoms with E-state index in [2.05, 4.69) is 23.5 Å². The molecule has 0 spiro atoms. The highest BCUT2D eigenvalue weighted by atomic mass is 35.5. The van der Waals surface area contributed by atoms with Gasteiger partial charge in [-0.1, -0.05) is 6.07 Å². The molecule has 1 N–H and O–H groups in total. The van der Waals surface area contributed by atoms with E-state index in [1.54, 1.807) is 7.11 Å². The molecule has 1 aromatic rings. The minimum absolute atomic E-state index is 0. The molecule has 0 bridgehead atoms. The third kappa shape index (κ3) is 2.29. The van der Waals surface area contributed by atoms with Crippen LogP contribution in [0.1, 0.15) is 29.9 Å². The van der Waals surface area contributed by atoms with E-state index < -0.39 is 0 Å². The summed E-state index contributed by atoms with van der Waals surface area (Å²) in [6.07, 6.45) is 3.95. The summed E-state index contributed by atoms with van der Waals surface area (Å²) in [5.74, 6) is 2.61. The van der Waals surface area contributed by atoms with Crippen molar-refractivity contribution in [2.24, 2.45) is 5.92 Å². The number of nitrogens with one attached hydrogen (secondary N) is 1. The molecule has 2 unspecified atom stereocenters. The number of piperidine rings is 1. The van der Waals surface area contributed by atoms with Crippen molar-refractivity contribution in [2.75, 3.05) is 20.2 Å². The Hall–Kier alpha value is -0.730. The van der Waals surface area contributed by atoms with E-state index in [1.807, 2.05) is 0 Å². The molecule has 2 aliphatic rings. The summed E-state index contributed by atoms with van der Waals surface area (Å²) < 4.78 is 5.34. The average Bonchev–Trinajstić information content (AvgIpc) is 2.38. The van der Waals surface area contributed by atoms with Crippen LogP contribution in [0.2, 0.25) is 0 Å². The summed E-state index contributed by atoms with van der Waals surface area (Å²) >= 11 is 0. The number of hydrogen-bond acceptors (Lipinski definition) is 2. The van der Waals surface area contributed by atoms with Gasteiger partial charge in [0.25, 0.3) is 0 Å². The summed E-state index contributed by atoms with van der Waals surface area (Å²) in [4.78, 5) is 0. The Bertz CT molecular complexity index is 394. The maximum Gasteiger partial charge on any atom is 0.119 e. The van der Waals surface area contributed by atoms with Crippen molar-refractivity contribution >= 4 is 12.4 Å². The number of benzene rings is 1. The van der Waals surface area contributed by atoms with Crippen LogP contribution in [0.3, 0.4) is 0 Å². The maximum atomic E-state index is 5.34. The van der Waals surface area contributed by atoms with Crippen molar-refractivity contribution in [1.29, 1.82) is 0 Å². The van der Waals surface area contributed by atoms with Crippen LogP contribution in [0.5, 0.6) is 5.75 Å². The normalized spacial score (nSPS) is 26.4. The molecule has 3 rings (SSSR count). The lowest BCUT2D eigenvalue weighted by atomic mass is 9.72. The van der Waals surface area contributed by atoms with E-state index in [0.29, 0.717) is 5.92 Å².